The van der Waals surface area contributed by atoms with Crippen molar-refractivity contribution in [2.24, 2.45) is 5.92 Å². The zero-order valence-electron chi connectivity index (χ0n) is 12.7. The van der Waals surface area contributed by atoms with E-state index in [-0.39, 0.29) is 18.1 Å². The number of hydrogen-bond acceptors (Lipinski definition) is 6. The third kappa shape index (κ3) is 2.96. The summed E-state index contributed by atoms with van der Waals surface area (Å²) < 4.78 is 10.8. The summed E-state index contributed by atoms with van der Waals surface area (Å²) >= 11 is 0. The molecule has 21 heavy (non-hydrogen) atoms. The molecule has 2 aliphatic rings. The Kier molecular flexibility index (Phi) is 4.26. The standard InChI is InChI=1S/C15H23N3O3/c1-10-8-14(20-2)17-15(16-10)18-6-3-4-12(18)11-9-21-7-5-13(11)19/h8,11-13,19H,3-7,9H2,1-2H3/t11-,12+,13+/m0/s1. The fourth-order valence-corrected chi connectivity index (χ4v) is 3.36. The molecule has 0 aromatic carbocycles. The van der Waals surface area contributed by atoms with Crippen molar-refractivity contribution in [2.45, 2.75) is 38.3 Å². The molecule has 3 atom stereocenters. The van der Waals surface area contributed by atoms with Gasteiger partial charge in [-0.1, -0.05) is 0 Å². The molecule has 116 valence electrons. The van der Waals surface area contributed by atoms with Crippen molar-refractivity contribution < 1.29 is 14.6 Å². The molecule has 0 bridgehead atoms. The first-order valence-corrected chi connectivity index (χ1v) is 7.61. The van der Waals surface area contributed by atoms with Gasteiger partial charge < -0.3 is 19.5 Å². The number of aryl methyl sites for hydroxylation is 1. The van der Waals surface area contributed by atoms with Crippen molar-refractivity contribution in [2.75, 3.05) is 31.8 Å². The number of methoxy groups -OCH3 is 1. The monoisotopic (exact) mass is 293 g/mol. The van der Waals surface area contributed by atoms with Crippen LogP contribution in [0.2, 0.25) is 0 Å². The van der Waals surface area contributed by atoms with Crippen LogP contribution in [0.5, 0.6) is 5.88 Å². The van der Waals surface area contributed by atoms with Crippen LogP contribution in [0.4, 0.5) is 5.95 Å². The number of aliphatic hydroxyl groups excluding tert-OH is 1. The smallest absolute Gasteiger partial charge is 0.229 e. The molecule has 0 unspecified atom stereocenters. The van der Waals surface area contributed by atoms with Gasteiger partial charge in [-0.15, -0.1) is 0 Å². The Morgan fingerprint density at radius 2 is 2.24 bits per heavy atom. The molecule has 3 rings (SSSR count). The summed E-state index contributed by atoms with van der Waals surface area (Å²) in [6, 6.07) is 2.07. The average Bonchev–Trinajstić information content (AvgIpc) is 2.96. The van der Waals surface area contributed by atoms with Gasteiger partial charge in [0.2, 0.25) is 11.8 Å². The minimum absolute atomic E-state index is 0.136. The van der Waals surface area contributed by atoms with Gasteiger partial charge in [-0.25, -0.2) is 4.98 Å². The number of nitrogens with zero attached hydrogens (tertiary/aromatic N) is 3. The van der Waals surface area contributed by atoms with Crippen LogP contribution in [0, 0.1) is 12.8 Å². The molecule has 1 N–H and O–H groups in total. The number of aliphatic hydroxyl groups is 1. The van der Waals surface area contributed by atoms with Crippen LogP contribution in [0.15, 0.2) is 6.07 Å². The number of ether oxygens (including phenoxy) is 2. The molecular weight excluding hydrogens is 270 g/mol. The van der Waals surface area contributed by atoms with Crippen molar-refractivity contribution in [3.63, 3.8) is 0 Å². The highest BCUT2D eigenvalue weighted by Gasteiger charge is 2.38. The molecule has 1 aromatic rings. The van der Waals surface area contributed by atoms with E-state index < -0.39 is 0 Å². The van der Waals surface area contributed by atoms with Crippen molar-refractivity contribution in [3.8, 4) is 5.88 Å². The van der Waals surface area contributed by atoms with E-state index in [2.05, 4.69) is 14.9 Å². The molecule has 0 aliphatic carbocycles. The lowest BCUT2D eigenvalue weighted by atomic mass is 9.89. The normalized spacial score (nSPS) is 29.7. The lowest BCUT2D eigenvalue weighted by Crippen LogP contribution is -2.46. The summed E-state index contributed by atoms with van der Waals surface area (Å²) in [5.41, 5.74) is 0.892. The van der Waals surface area contributed by atoms with Gasteiger partial charge in [-0.3, -0.25) is 0 Å². The van der Waals surface area contributed by atoms with Gasteiger partial charge in [-0.2, -0.15) is 4.98 Å². The maximum Gasteiger partial charge on any atom is 0.229 e. The lowest BCUT2D eigenvalue weighted by molar-refractivity contribution is -0.0439. The van der Waals surface area contributed by atoms with E-state index in [1.165, 1.54) is 0 Å². The Morgan fingerprint density at radius 3 is 3.00 bits per heavy atom. The average molecular weight is 293 g/mol. The fourth-order valence-electron chi connectivity index (χ4n) is 3.36. The minimum atomic E-state index is -0.295. The highest BCUT2D eigenvalue weighted by molar-refractivity contribution is 5.37. The number of hydrogen-bond donors (Lipinski definition) is 1. The summed E-state index contributed by atoms with van der Waals surface area (Å²) in [5.74, 6) is 1.42. The second kappa shape index (κ2) is 6.15. The van der Waals surface area contributed by atoms with Gasteiger partial charge >= 0.3 is 0 Å². The Labute approximate surface area is 125 Å². The molecule has 2 saturated heterocycles. The van der Waals surface area contributed by atoms with Crippen LogP contribution in [-0.4, -0.2) is 54.1 Å². The number of aromatic nitrogens is 2. The Bertz CT molecular complexity index is 497. The van der Waals surface area contributed by atoms with Crippen molar-refractivity contribution in [3.05, 3.63) is 11.8 Å². The third-order valence-corrected chi connectivity index (χ3v) is 4.44. The summed E-state index contributed by atoms with van der Waals surface area (Å²) in [7, 11) is 1.62. The molecule has 2 fully saturated rings. The van der Waals surface area contributed by atoms with E-state index >= 15 is 0 Å². The summed E-state index contributed by atoms with van der Waals surface area (Å²) in [6.07, 6.45) is 2.56. The first-order valence-electron chi connectivity index (χ1n) is 7.61. The van der Waals surface area contributed by atoms with Gasteiger partial charge in [0, 0.05) is 36.9 Å². The van der Waals surface area contributed by atoms with Gasteiger partial charge in [0.15, 0.2) is 0 Å². The molecule has 6 heteroatoms. The Hall–Kier alpha value is -1.40. The van der Waals surface area contributed by atoms with Crippen LogP contribution in [0.1, 0.15) is 25.0 Å². The van der Waals surface area contributed by atoms with Crippen LogP contribution in [-0.2, 0) is 4.74 Å². The SMILES string of the molecule is COc1cc(C)nc(N2CCC[C@@H]2[C@@H]2COCC[C@H]2O)n1. The molecule has 1 aromatic heterocycles. The maximum absolute atomic E-state index is 10.3. The Balaban J connectivity index is 1.84. The second-order valence-electron chi connectivity index (χ2n) is 5.85. The highest BCUT2D eigenvalue weighted by Crippen LogP contribution is 2.32. The minimum Gasteiger partial charge on any atom is -0.481 e. The van der Waals surface area contributed by atoms with Crippen LogP contribution >= 0.6 is 0 Å². The molecular formula is C15H23N3O3. The van der Waals surface area contributed by atoms with Gasteiger partial charge in [0.1, 0.15) is 0 Å². The first kappa shape index (κ1) is 14.5. The predicted molar refractivity (Wildman–Crippen MR) is 78.6 cm³/mol. The number of rotatable bonds is 3. The van der Waals surface area contributed by atoms with E-state index in [1.54, 1.807) is 7.11 Å². The quantitative estimate of drug-likeness (QED) is 0.902. The van der Waals surface area contributed by atoms with Crippen molar-refractivity contribution in [1.29, 1.82) is 0 Å². The topological polar surface area (TPSA) is 67.7 Å². The van der Waals surface area contributed by atoms with E-state index in [4.69, 9.17) is 9.47 Å². The zero-order chi connectivity index (χ0) is 14.8. The summed E-state index contributed by atoms with van der Waals surface area (Å²) in [6.45, 7) is 4.13. The molecule has 6 nitrogen and oxygen atoms in total. The fraction of sp³-hybridized carbons (Fsp3) is 0.733. The van der Waals surface area contributed by atoms with E-state index in [1.807, 2.05) is 13.0 Å². The molecule has 0 saturated carbocycles. The van der Waals surface area contributed by atoms with E-state index in [0.717, 1.165) is 25.1 Å². The van der Waals surface area contributed by atoms with E-state index in [9.17, 15) is 5.11 Å². The summed E-state index contributed by atoms with van der Waals surface area (Å²) in [5, 5.41) is 10.3. The van der Waals surface area contributed by atoms with E-state index in [0.29, 0.717) is 31.5 Å². The largest absolute Gasteiger partial charge is 0.481 e. The zero-order valence-corrected chi connectivity index (χ0v) is 12.7. The molecule has 2 aliphatic heterocycles. The number of anilines is 1. The second-order valence-corrected chi connectivity index (χ2v) is 5.85. The van der Waals surface area contributed by atoms with Crippen LogP contribution in [0.3, 0.4) is 0 Å². The molecule has 3 heterocycles. The molecule has 0 spiro atoms. The lowest BCUT2D eigenvalue weighted by Gasteiger charge is -2.37. The maximum atomic E-state index is 10.3. The predicted octanol–water partition coefficient (Wildman–Crippen LogP) is 1.16. The van der Waals surface area contributed by atoms with Crippen molar-refractivity contribution in [1.82, 2.24) is 9.97 Å². The Morgan fingerprint density at radius 1 is 1.38 bits per heavy atom. The third-order valence-electron chi connectivity index (χ3n) is 4.44. The molecule has 0 radical (unpaired) electrons. The van der Waals surface area contributed by atoms with Gasteiger partial charge in [-0.05, 0) is 26.2 Å². The first-order chi connectivity index (χ1) is 10.2. The van der Waals surface area contributed by atoms with Crippen molar-refractivity contribution >= 4 is 5.95 Å². The highest BCUT2D eigenvalue weighted by atomic mass is 16.5. The van der Waals surface area contributed by atoms with Gasteiger partial charge in [0.25, 0.3) is 0 Å². The molecule has 0 amide bonds. The van der Waals surface area contributed by atoms with Crippen LogP contribution < -0.4 is 9.64 Å². The van der Waals surface area contributed by atoms with Crippen LogP contribution in [0.25, 0.3) is 0 Å². The summed E-state index contributed by atoms with van der Waals surface area (Å²) in [4.78, 5) is 11.2. The van der Waals surface area contributed by atoms with Gasteiger partial charge in [0.05, 0.1) is 19.8 Å².